The quantitative estimate of drug-likeness (QED) is 0.857. The number of carbonyl (C=O) groups is 1. The summed E-state index contributed by atoms with van der Waals surface area (Å²) in [5.41, 5.74) is 1.43. The van der Waals surface area contributed by atoms with Crippen molar-refractivity contribution in [2.45, 2.75) is 0 Å². The third kappa shape index (κ3) is 4.36. The van der Waals surface area contributed by atoms with Crippen LogP contribution in [0.15, 0.2) is 36.4 Å². The summed E-state index contributed by atoms with van der Waals surface area (Å²) in [6, 6.07) is 9.67. The molecule has 144 valence electrons. The average Bonchev–Trinajstić information content (AvgIpc) is 2.70. The third-order valence-corrected chi connectivity index (χ3v) is 4.78. The number of ether oxygens (including phenoxy) is 2. The zero-order chi connectivity index (χ0) is 19.4. The van der Waals surface area contributed by atoms with Gasteiger partial charge in [-0.1, -0.05) is 11.6 Å². The number of piperazine rings is 1. The molecule has 8 heteroatoms. The number of anilines is 2. The van der Waals surface area contributed by atoms with Crippen LogP contribution in [-0.4, -0.2) is 51.3 Å². The van der Waals surface area contributed by atoms with Gasteiger partial charge in [0.25, 0.3) is 0 Å². The molecular weight excluding hydrogens is 373 g/mol. The van der Waals surface area contributed by atoms with Gasteiger partial charge >= 0.3 is 6.03 Å². The highest BCUT2D eigenvalue weighted by Gasteiger charge is 2.22. The molecule has 1 aliphatic rings. The van der Waals surface area contributed by atoms with Crippen molar-refractivity contribution in [1.82, 2.24) is 4.90 Å². The Morgan fingerprint density at radius 3 is 2.44 bits per heavy atom. The van der Waals surface area contributed by atoms with Gasteiger partial charge < -0.3 is 24.6 Å². The highest BCUT2D eigenvalue weighted by Crippen LogP contribution is 2.29. The number of nitrogens with one attached hydrogen (secondary N) is 1. The number of methoxy groups -OCH3 is 2. The Balaban J connectivity index is 1.61. The van der Waals surface area contributed by atoms with Crippen LogP contribution in [0.2, 0.25) is 5.02 Å². The van der Waals surface area contributed by atoms with Gasteiger partial charge in [-0.2, -0.15) is 0 Å². The molecule has 0 aliphatic carbocycles. The first-order valence-electron chi connectivity index (χ1n) is 8.50. The highest BCUT2D eigenvalue weighted by atomic mass is 35.5. The molecule has 1 saturated heterocycles. The Morgan fingerprint density at radius 1 is 1.07 bits per heavy atom. The molecule has 2 aromatic rings. The van der Waals surface area contributed by atoms with Crippen molar-refractivity contribution in [2.24, 2.45) is 0 Å². The van der Waals surface area contributed by atoms with E-state index in [0.29, 0.717) is 43.4 Å². The summed E-state index contributed by atoms with van der Waals surface area (Å²) >= 11 is 5.86. The largest absolute Gasteiger partial charge is 0.497 e. The molecule has 0 spiro atoms. The SMILES string of the molecule is COc1ccc(NC(=O)N2CCN(c3ccc(F)c(Cl)c3)CC2)c(OC)c1. The molecule has 0 bridgehead atoms. The summed E-state index contributed by atoms with van der Waals surface area (Å²) in [5, 5.41) is 2.97. The van der Waals surface area contributed by atoms with Gasteiger partial charge in [-0.3, -0.25) is 0 Å². The predicted molar refractivity (Wildman–Crippen MR) is 104 cm³/mol. The van der Waals surface area contributed by atoms with Crippen LogP contribution in [0.3, 0.4) is 0 Å². The Kier molecular flexibility index (Phi) is 5.91. The first-order valence-corrected chi connectivity index (χ1v) is 8.87. The molecule has 27 heavy (non-hydrogen) atoms. The minimum Gasteiger partial charge on any atom is -0.497 e. The van der Waals surface area contributed by atoms with Gasteiger partial charge in [-0.05, 0) is 30.3 Å². The van der Waals surface area contributed by atoms with Crippen LogP contribution in [0.5, 0.6) is 11.5 Å². The van der Waals surface area contributed by atoms with E-state index in [0.717, 1.165) is 5.69 Å². The molecule has 1 aliphatic heterocycles. The van der Waals surface area contributed by atoms with Crippen molar-refractivity contribution in [1.29, 1.82) is 0 Å². The Bertz CT molecular complexity index is 826. The number of benzene rings is 2. The van der Waals surface area contributed by atoms with Crippen LogP contribution in [0.1, 0.15) is 0 Å². The molecule has 1 heterocycles. The lowest BCUT2D eigenvalue weighted by Crippen LogP contribution is -2.50. The normalized spacial score (nSPS) is 14.1. The smallest absolute Gasteiger partial charge is 0.322 e. The average molecular weight is 394 g/mol. The topological polar surface area (TPSA) is 54.0 Å². The number of hydrogen-bond donors (Lipinski definition) is 1. The van der Waals surface area contributed by atoms with Crippen LogP contribution < -0.4 is 19.7 Å². The number of amides is 2. The fourth-order valence-electron chi connectivity index (χ4n) is 2.95. The molecule has 1 fully saturated rings. The number of rotatable bonds is 4. The summed E-state index contributed by atoms with van der Waals surface area (Å²) < 4.78 is 23.8. The van der Waals surface area contributed by atoms with Crippen LogP contribution in [0, 0.1) is 5.82 Å². The highest BCUT2D eigenvalue weighted by molar-refractivity contribution is 6.31. The maximum atomic E-state index is 13.3. The standard InChI is InChI=1S/C19H21ClFN3O3/c1-26-14-4-6-17(18(12-14)27-2)22-19(25)24-9-7-23(8-10-24)13-3-5-16(21)15(20)11-13/h3-6,11-12H,7-10H2,1-2H3,(H,22,25). The van der Waals surface area contributed by atoms with E-state index < -0.39 is 5.82 Å². The van der Waals surface area contributed by atoms with Gasteiger partial charge in [0.2, 0.25) is 0 Å². The fourth-order valence-corrected chi connectivity index (χ4v) is 3.12. The molecule has 0 aromatic heterocycles. The summed E-state index contributed by atoms with van der Waals surface area (Å²) in [4.78, 5) is 16.4. The van der Waals surface area contributed by atoms with E-state index in [4.69, 9.17) is 21.1 Å². The van der Waals surface area contributed by atoms with Crippen molar-refractivity contribution in [3.63, 3.8) is 0 Å². The first-order chi connectivity index (χ1) is 13.0. The maximum Gasteiger partial charge on any atom is 0.322 e. The summed E-state index contributed by atoms with van der Waals surface area (Å²) in [6.45, 7) is 2.35. The molecule has 3 rings (SSSR count). The molecule has 1 N–H and O–H groups in total. The second kappa shape index (κ2) is 8.35. The summed E-state index contributed by atoms with van der Waals surface area (Å²) in [7, 11) is 3.11. The molecule has 0 atom stereocenters. The van der Waals surface area contributed by atoms with E-state index in [9.17, 15) is 9.18 Å². The first kappa shape index (κ1) is 19.1. The maximum absolute atomic E-state index is 13.3. The number of urea groups is 1. The van der Waals surface area contributed by atoms with Gasteiger partial charge in [0, 0.05) is 37.9 Å². The summed E-state index contributed by atoms with van der Waals surface area (Å²) in [5.74, 6) is 0.741. The van der Waals surface area contributed by atoms with E-state index in [1.165, 1.54) is 13.2 Å². The Morgan fingerprint density at radius 2 is 1.81 bits per heavy atom. The third-order valence-electron chi connectivity index (χ3n) is 4.49. The number of hydrogen-bond acceptors (Lipinski definition) is 4. The fraction of sp³-hybridized carbons (Fsp3) is 0.316. The zero-order valence-corrected chi connectivity index (χ0v) is 15.9. The molecular formula is C19H21ClFN3O3. The molecule has 0 unspecified atom stereocenters. The summed E-state index contributed by atoms with van der Waals surface area (Å²) in [6.07, 6.45) is 0. The van der Waals surface area contributed by atoms with Crippen molar-refractivity contribution in [2.75, 3.05) is 50.6 Å². The Hall–Kier alpha value is -2.67. The molecule has 2 amide bonds. The van der Waals surface area contributed by atoms with Gasteiger partial charge in [0.1, 0.15) is 17.3 Å². The van der Waals surface area contributed by atoms with E-state index in [2.05, 4.69) is 10.2 Å². The van der Waals surface area contributed by atoms with Crippen molar-refractivity contribution in [3.05, 3.63) is 47.2 Å². The number of halogens is 2. The second-order valence-electron chi connectivity index (χ2n) is 6.07. The minimum atomic E-state index is -0.438. The Labute approximate surface area is 162 Å². The van der Waals surface area contributed by atoms with Crippen LogP contribution in [0.25, 0.3) is 0 Å². The minimum absolute atomic E-state index is 0.0965. The lowest BCUT2D eigenvalue weighted by Gasteiger charge is -2.36. The second-order valence-corrected chi connectivity index (χ2v) is 6.48. The number of carbonyl (C=O) groups excluding carboxylic acids is 1. The van der Waals surface area contributed by atoms with Crippen LogP contribution in [-0.2, 0) is 0 Å². The molecule has 0 radical (unpaired) electrons. The van der Waals surface area contributed by atoms with Gasteiger partial charge in [0.15, 0.2) is 0 Å². The van der Waals surface area contributed by atoms with Crippen molar-refractivity contribution >= 4 is 29.0 Å². The lowest BCUT2D eigenvalue weighted by molar-refractivity contribution is 0.208. The lowest BCUT2D eigenvalue weighted by atomic mass is 10.2. The van der Waals surface area contributed by atoms with E-state index in [1.54, 1.807) is 42.3 Å². The predicted octanol–water partition coefficient (Wildman–Crippen LogP) is 3.85. The molecule has 6 nitrogen and oxygen atoms in total. The van der Waals surface area contributed by atoms with E-state index in [1.807, 2.05) is 0 Å². The van der Waals surface area contributed by atoms with E-state index >= 15 is 0 Å². The van der Waals surface area contributed by atoms with Crippen LogP contribution in [0.4, 0.5) is 20.6 Å². The van der Waals surface area contributed by atoms with Crippen molar-refractivity contribution in [3.8, 4) is 11.5 Å². The van der Waals surface area contributed by atoms with Crippen LogP contribution >= 0.6 is 11.6 Å². The number of nitrogens with zero attached hydrogens (tertiary/aromatic N) is 2. The zero-order valence-electron chi connectivity index (χ0n) is 15.2. The van der Waals surface area contributed by atoms with Gasteiger partial charge in [-0.25, -0.2) is 9.18 Å². The van der Waals surface area contributed by atoms with Crippen molar-refractivity contribution < 1.29 is 18.7 Å². The van der Waals surface area contributed by atoms with Gasteiger partial charge in [-0.15, -0.1) is 0 Å². The molecule has 2 aromatic carbocycles. The van der Waals surface area contributed by atoms with Gasteiger partial charge in [0.05, 0.1) is 24.9 Å². The monoisotopic (exact) mass is 393 g/mol. The van der Waals surface area contributed by atoms with E-state index in [-0.39, 0.29) is 11.1 Å². The molecule has 0 saturated carbocycles.